The third-order valence-electron chi connectivity index (χ3n) is 2.18. The van der Waals surface area contributed by atoms with Crippen LogP contribution in [0.25, 0.3) is 0 Å². The van der Waals surface area contributed by atoms with Gasteiger partial charge in [-0.2, -0.15) is 0 Å². The predicted molar refractivity (Wildman–Crippen MR) is 64.8 cm³/mol. The summed E-state index contributed by atoms with van der Waals surface area (Å²) in [4.78, 5) is 4.37. The molecule has 2 aromatic rings. The average molecular weight is 237 g/mol. The van der Waals surface area contributed by atoms with E-state index >= 15 is 0 Å². The molecule has 1 N–H and O–H groups in total. The van der Waals surface area contributed by atoms with Gasteiger partial charge < -0.3 is 9.84 Å². The lowest BCUT2D eigenvalue weighted by atomic mass is 10.2. The molecule has 0 bridgehead atoms. The molecule has 5 heteroatoms. The Labute approximate surface area is 98.7 Å². The number of nitrogens with zero attached hydrogens (tertiary/aromatic N) is 2. The molecule has 2 heterocycles. The van der Waals surface area contributed by atoms with Crippen LogP contribution >= 0.6 is 11.3 Å². The highest BCUT2D eigenvalue weighted by Crippen LogP contribution is 2.18. The maximum atomic E-state index is 5.19. The summed E-state index contributed by atoms with van der Waals surface area (Å²) >= 11 is 1.65. The molecule has 0 amide bonds. The summed E-state index contributed by atoms with van der Waals surface area (Å²) in [5.41, 5.74) is 1.06. The van der Waals surface area contributed by atoms with E-state index in [9.17, 15) is 0 Å². The van der Waals surface area contributed by atoms with Crippen molar-refractivity contribution in [1.82, 2.24) is 10.1 Å². The SMILES string of the molecule is Cc1csc(CNc2cc(C(C)C)on2)n1. The Morgan fingerprint density at radius 3 is 2.88 bits per heavy atom. The van der Waals surface area contributed by atoms with E-state index in [0.717, 1.165) is 22.3 Å². The minimum Gasteiger partial charge on any atom is -0.361 e. The molecule has 0 saturated carbocycles. The van der Waals surface area contributed by atoms with Crippen molar-refractivity contribution in [1.29, 1.82) is 0 Å². The molecule has 0 radical (unpaired) electrons. The second kappa shape index (κ2) is 4.65. The molecule has 0 aromatic carbocycles. The summed E-state index contributed by atoms with van der Waals surface area (Å²) in [6, 6.07) is 1.94. The topological polar surface area (TPSA) is 51.0 Å². The van der Waals surface area contributed by atoms with Crippen LogP contribution in [0.5, 0.6) is 0 Å². The molecule has 2 aromatic heterocycles. The zero-order valence-corrected chi connectivity index (χ0v) is 10.5. The molecule has 0 unspecified atom stereocenters. The van der Waals surface area contributed by atoms with E-state index in [4.69, 9.17) is 4.52 Å². The third kappa shape index (κ3) is 2.61. The van der Waals surface area contributed by atoms with Crippen molar-refractivity contribution in [3.8, 4) is 0 Å². The number of nitrogens with one attached hydrogen (secondary N) is 1. The third-order valence-corrected chi connectivity index (χ3v) is 3.15. The van der Waals surface area contributed by atoms with Crippen molar-refractivity contribution in [2.45, 2.75) is 33.2 Å². The number of hydrogen-bond donors (Lipinski definition) is 1. The van der Waals surface area contributed by atoms with Gasteiger partial charge in [0.2, 0.25) is 0 Å². The molecule has 2 rings (SSSR count). The normalized spacial score (nSPS) is 11.0. The van der Waals surface area contributed by atoms with Gasteiger partial charge in [-0.3, -0.25) is 0 Å². The molecule has 86 valence electrons. The molecule has 0 aliphatic rings. The van der Waals surface area contributed by atoms with Gasteiger partial charge in [0.1, 0.15) is 10.8 Å². The second-order valence-corrected chi connectivity index (χ2v) is 4.95. The smallest absolute Gasteiger partial charge is 0.169 e. The van der Waals surface area contributed by atoms with Crippen LogP contribution in [0.2, 0.25) is 0 Å². The lowest BCUT2D eigenvalue weighted by Crippen LogP contribution is -1.98. The largest absolute Gasteiger partial charge is 0.361 e. The Hall–Kier alpha value is -1.36. The maximum Gasteiger partial charge on any atom is 0.169 e. The number of thiazole rings is 1. The van der Waals surface area contributed by atoms with Gasteiger partial charge in [0.05, 0.1) is 6.54 Å². The Morgan fingerprint density at radius 2 is 2.31 bits per heavy atom. The molecular weight excluding hydrogens is 222 g/mol. The first-order chi connectivity index (χ1) is 7.65. The van der Waals surface area contributed by atoms with Gasteiger partial charge in [-0.15, -0.1) is 11.3 Å². The van der Waals surface area contributed by atoms with E-state index in [-0.39, 0.29) is 0 Å². The van der Waals surface area contributed by atoms with E-state index in [1.807, 2.05) is 18.4 Å². The fourth-order valence-electron chi connectivity index (χ4n) is 1.29. The number of aryl methyl sites for hydroxylation is 1. The standard InChI is InChI=1S/C11H15N3OS/c1-7(2)9-4-10(14-15-9)12-5-11-13-8(3)6-16-11/h4,6-7H,5H2,1-3H3,(H,12,14). The molecule has 0 aliphatic carbocycles. The molecule has 0 aliphatic heterocycles. The van der Waals surface area contributed by atoms with Crippen molar-refractivity contribution < 1.29 is 4.52 Å². The first kappa shape index (κ1) is 11.1. The second-order valence-electron chi connectivity index (χ2n) is 4.01. The summed E-state index contributed by atoms with van der Waals surface area (Å²) in [6.45, 7) is 6.85. The summed E-state index contributed by atoms with van der Waals surface area (Å²) in [5, 5.41) is 10.2. The zero-order chi connectivity index (χ0) is 11.5. The van der Waals surface area contributed by atoms with Crippen molar-refractivity contribution in [2.24, 2.45) is 0 Å². The number of anilines is 1. The van der Waals surface area contributed by atoms with Gasteiger partial charge in [-0.1, -0.05) is 19.0 Å². The van der Waals surface area contributed by atoms with Gasteiger partial charge in [0.25, 0.3) is 0 Å². The van der Waals surface area contributed by atoms with E-state index < -0.39 is 0 Å². The number of rotatable bonds is 4. The van der Waals surface area contributed by atoms with E-state index in [1.54, 1.807) is 11.3 Å². The lowest BCUT2D eigenvalue weighted by Gasteiger charge is -1.97. The highest BCUT2D eigenvalue weighted by Gasteiger charge is 2.07. The van der Waals surface area contributed by atoms with Gasteiger partial charge >= 0.3 is 0 Å². The van der Waals surface area contributed by atoms with Crippen LogP contribution in [0, 0.1) is 6.92 Å². The van der Waals surface area contributed by atoms with Gasteiger partial charge in [-0.25, -0.2) is 4.98 Å². The van der Waals surface area contributed by atoms with Crippen molar-refractivity contribution in [3.05, 3.63) is 27.9 Å². The van der Waals surface area contributed by atoms with E-state index in [2.05, 4.69) is 29.3 Å². The molecule has 0 fully saturated rings. The molecule has 0 saturated heterocycles. The first-order valence-corrected chi connectivity index (χ1v) is 6.14. The van der Waals surface area contributed by atoms with Crippen LogP contribution in [-0.4, -0.2) is 10.1 Å². The zero-order valence-electron chi connectivity index (χ0n) is 9.65. The predicted octanol–water partition coefficient (Wildman–Crippen LogP) is 3.18. The van der Waals surface area contributed by atoms with E-state index in [1.165, 1.54) is 0 Å². The average Bonchev–Trinajstić information content (AvgIpc) is 2.83. The van der Waals surface area contributed by atoms with Crippen LogP contribution in [-0.2, 0) is 6.54 Å². The monoisotopic (exact) mass is 237 g/mol. The Kier molecular flexibility index (Phi) is 3.24. The van der Waals surface area contributed by atoms with Crippen molar-refractivity contribution >= 4 is 17.2 Å². The Balaban J connectivity index is 1.94. The summed E-state index contributed by atoms with van der Waals surface area (Å²) in [7, 11) is 0. The minimum absolute atomic E-state index is 0.366. The van der Waals surface area contributed by atoms with Crippen molar-refractivity contribution in [3.63, 3.8) is 0 Å². The van der Waals surface area contributed by atoms with Gasteiger partial charge in [0, 0.05) is 23.1 Å². The van der Waals surface area contributed by atoms with E-state index in [0.29, 0.717) is 12.5 Å². The van der Waals surface area contributed by atoms with Crippen molar-refractivity contribution in [2.75, 3.05) is 5.32 Å². The molecule has 0 spiro atoms. The highest BCUT2D eigenvalue weighted by atomic mass is 32.1. The van der Waals surface area contributed by atoms with Crippen LogP contribution in [0.15, 0.2) is 16.0 Å². The quantitative estimate of drug-likeness (QED) is 0.887. The number of aromatic nitrogens is 2. The lowest BCUT2D eigenvalue weighted by molar-refractivity contribution is 0.373. The summed E-state index contributed by atoms with van der Waals surface area (Å²) in [5.74, 6) is 2.04. The van der Waals surface area contributed by atoms with Crippen LogP contribution in [0.4, 0.5) is 5.82 Å². The van der Waals surface area contributed by atoms with Crippen LogP contribution in [0.3, 0.4) is 0 Å². The summed E-state index contributed by atoms with van der Waals surface area (Å²) in [6.07, 6.45) is 0. The van der Waals surface area contributed by atoms with Gasteiger partial charge in [0.15, 0.2) is 5.82 Å². The summed E-state index contributed by atoms with van der Waals surface area (Å²) < 4.78 is 5.19. The molecular formula is C11H15N3OS. The highest BCUT2D eigenvalue weighted by molar-refractivity contribution is 7.09. The Bertz CT molecular complexity index is 461. The fourth-order valence-corrected chi connectivity index (χ4v) is 2.01. The van der Waals surface area contributed by atoms with Crippen LogP contribution in [0.1, 0.15) is 36.2 Å². The molecule has 4 nitrogen and oxygen atoms in total. The fraction of sp³-hybridized carbons (Fsp3) is 0.455. The first-order valence-electron chi connectivity index (χ1n) is 5.26. The minimum atomic E-state index is 0.366. The number of hydrogen-bond acceptors (Lipinski definition) is 5. The molecule has 0 atom stereocenters. The van der Waals surface area contributed by atoms with Gasteiger partial charge in [-0.05, 0) is 6.92 Å². The van der Waals surface area contributed by atoms with Crippen LogP contribution < -0.4 is 5.32 Å². The Morgan fingerprint density at radius 1 is 1.50 bits per heavy atom. The molecule has 16 heavy (non-hydrogen) atoms. The maximum absolute atomic E-state index is 5.19.